The summed E-state index contributed by atoms with van der Waals surface area (Å²) in [4.78, 5) is 24.7. The van der Waals surface area contributed by atoms with Gasteiger partial charge in [0.1, 0.15) is 11.4 Å². The Hall–Kier alpha value is -2.93. The third kappa shape index (κ3) is 2.62. The van der Waals surface area contributed by atoms with Crippen LogP contribution in [0.5, 0.6) is 0 Å². The lowest BCUT2D eigenvalue weighted by Gasteiger charge is -2.25. The van der Waals surface area contributed by atoms with Gasteiger partial charge in [-0.15, -0.1) is 11.3 Å². The van der Waals surface area contributed by atoms with Crippen LogP contribution in [-0.4, -0.2) is 21.6 Å². The molecule has 3 aromatic rings. The number of carboxylic acids is 1. The maximum absolute atomic E-state index is 13.7. The molecule has 3 heterocycles. The number of thiophene rings is 1. The van der Waals surface area contributed by atoms with Gasteiger partial charge in [-0.2, -0.15) is 0 Å². The molecule has 1 aromatic carbocycles. The fraction of sp³-hybridized carbons (Fsp3) is 0.111. The first-order chi connectivity index (χ1) is 12.0. The summed E-state index contributed by atoms with van der Waals surface area (Å²) in [6.45, 7) is 0. The van der Waals surface area contributed by atoms with E-state index < -0.39 is 11.8 Å². The largest absolute Gasteiger partial charge is 0.478 e. The molecule has 7 heteroatoms. The van der Waals surface area contributed by atoms with E-state index >= 15 is 0 Å². The number of aromatic carboxylic acids is 1. The van der Waals surface area contributed by atoms with Crippen LogP contribution in [0, 0.1) is 5.82 Å². The zero-order chi connectivity index (χ0) is 17.6. The number of nitrogens with one attached hydrogen (secondary N) is 1. The molecule has 2 aromatic heterocycles. The van der Waals surface area contributed by atoms with Gasteiger partial charge in [0, 0.05) is 29.1 Å². The van der Waals surface area contributed by atoms with E-state index in [1.807, 2.05) is 17.5 Å². The number of hydrogen-bond acceptors (Lipinski definition) is 3. The summed E-state index contributed by atoms with van der Waals surface area (Å²) < 4.78 is 15.3. The van der Waals surface area contributed by atoms with Crippen molar-refractivity contribution in [3.8, 4) is 5.69 Å². The highest BCUT2D eigenvalue weighted by molar-refractivity contribution is 7.10. The molecule has 0 spiro atoms. The van der Waals surface area contributed by atoms with Crippen molar-refractivity contribution in [3.63, 3.8) is 0 Å². The molecule has 1 amide bonds. The molecule has 2 N–H and O–H groups in total. The van der Waals surface area contributed by atoms with Crippen LogP contribution in [0.1, 0.15) is 33.3 Å². The Morgan fingerprint density at radius 3 is 2.84 bits per heavy atom. The Morgan fingerprint density at radius 2 is 2.16 bits per heavy atom. The van der Waals surface area contributed by atoms with Crippen molar-refractivity contribution >= 4 is 28.9 Å². The standard InChI is InChI=1S/C18H13FN2O3S/c19-10-3-1-4-11(7-10)21-9-13(18(23)24)16-17(21)12(8-15(22)20-16)14-5-2-6-25-14/h1-7,9,12H,8H2,(H,20,22)(H,23,24)/t12-/m1/s1. The minimum Gasteiger partial charge on any atom is -0.478 e. The zero-order valence-electron chi connectivity index (χ0n) is 12.9. The first-order valence-corrected chi connectivity index (χ1v) is 8.50. The van der Waals surface area contributed by atoms with E-state index in [0.29, 0.717) is 11.4 Å². The lowest BCUT2D eigenvalue weighted by Crippen LogP contribution is -2.25. The van der Waals surface area contributed by atoms with Crippen molar-refractivity contribution in [2.45, 2.75) is 12.3 Å². The minimum absolute atomic E-state index is 0.00568. The van der Waals surface area contributed by atoms with Crippen LogP contribution in [0.3, 0.4) is 0 Å². The Morgan fingerprint density at radius 1 is 1.32 bits per heavy atom. The second-order valence-corrected chi connectivity index (χ2v) is 6.76. The van der Waals surface area contributed by atoms with Crippen molar-refractivity contribution in [2.24, 2.45) is 0 Å². The van der Waals surface area contributed by atoms with Gasteiger partial charge in [-0.25, -0.2) is 9.18 Å². The van der Waals surface area contributed by atoms with Crippen LogP contribution in [0.2, 0.25) is 0 Å². The molecule has 5 nitrogen and oxygen atoms in total. The number of anilines is 1. The SMILES string of the molecule is O=C1C[C@H](c2cccs2)c2c(c(C(=O)O)cn2-c2cccc(F)c2)N1. The molecule has 0 saturated heterocycles. The molecule has 0 fully saturated rings. The van der Waals surface area contributed by atoms with Gasteiger partial charge in [-0.05, 0) is 29.6 Å². The van der Waals surface area contributed by atoms with Gasteiger partial charge in [0.15, 0.2) is 0 Å². The normalized spacial score (nSPS) is 16.4. The second kappa shape index (κ2) is 5.86. The number of carboxylic acid groups (broad SMARTS) is 1. The number of carbonyl (C=O) groups is 2. The summed E-state index contributed by atoms with van der Waals surface area (Å²) in [5, 5.41) is 14.1. The Labute approximate surface area is 146 Å². The van der Waals surface area contributed by atoms with E-state index in [1.54, 1.807) is 16.7 Å². The predicted molar refractivity (Wildman–Crippen MR) is 92.1 cm³/mol. The average molecular weight is 356 g/mol. The number of nitrogens with zero attached hydrogens (tertiary/aromatic N) is 1. The molecule has 0 radical (unpaired) electrons. The van der Waals surface area contributed by atoms with Crippen LogP contribution >= 0.6 is 11.3 Å². The second-order valence-electron chi connectivity index (χ2n) is 5.78. The van der Waals surface area contributed by atoms with Gasteiger partial charge in [-0.1, -0.05) is 12.1 Å². The van der Waals surface area contributed by atoms with Crippen LogP contribution in [0.15, 0.2) is 48.0 Å². The quantitative estimate of drug-likeness (QED) is 0.749. The van der Waals surface area contributed by atoms with Crippen LogP contribution in [0.25, 0.3) is 5.69 Å². The molecule has 0 saturated carbocycles. The van der Waals surface area contributed by atoms with E-state index in [-0.39, 0.29) is 29.5 Å². The van der Waals surface area contributed by atoms with Crippen molar-refractivity contribution < 1.29 is 19.1 Å². The van der Waals surface area contributed by atoms with E-state index in [0.717, 1.165) is 4.88 Å². The molecule has 0 aliphatic carbocycles. The van der Waals surface area contributed by atoms with Crippen molar-refractivity contribution in [2.75, 3.05) is 5.32 Å². The summed E-state index contributed by atoms with van der Waals surface area (Å²) in [6, 6.07) is 9.75. The molecule has 1 atom stereocenters. The summed E-state index contributed by atoms with van der Waals surface area (Å²) >= 11 is 1.50. The number of hydrogen-bond donors (Lipinski definition) is 2. The predicted octanol–water partition coefficient (Wildman–Crippen LogP) is 3.85. The summed E-state index contributed by atoms with van der Waals surface area (Å²) in [6.07, 6.45) is 1.65. The van der Waals surface area contributed by atoms with Gasteiger partial charge in [0.2, 0.25) is 5.91 Å². The molecular formula is C18H13FN2O3S. The fourth-order valence-electron chi connectivity index (χ4n) is 3.19. The third-order valence-electron chi connectivity index (χ3n) is 4.23. The summed E-state index contributed by atoms with van der Waals surface area (Å²) in [5.41, 5.74) is 1.45. The topological polar surface area (TPSA) is 71.3 Å². The van der Waals surface area contributed by atoms with Crippen LogP contribution in [0.4, 0.5) is 10.1 Å². The Balaban J connectivity index is 1.99. The molecule has 0 bridgehead atoms. The van der Waals surface area contributed by atoms with Crippen molar-refractivity contribution in [3.05, 3.63) is 69.9 Å². The first kappa shape index (κ1) is 15.6. The highest BCUT2D eigenvalue weighted by Crippen LogP contribution is 2.42. The molecular weight excluding hydrogens is 343 g/mol. The van der Waals surface area contributed by atoms with Gasteiger partial charge >= 0.3 is 5.97 Å². The van der Waals surface area contributed by atoms with E-state index in [4.69, 9.17) is 0 Å². The average Bonchev–Trinajstić information content (AvgIpc) is 3.22. The molecule has 25 heavy (non-hydrogen) atoms. The monoisotopic (exact) mass is 356 g/mol. The lowest BCUT2D eigenvalue weighted by molar-refractivity contribution is -0.116. The number of fused-ring (bicyclic) bond motifs is 1. The lowest BCUT2D eigenvalue weighted by atomic mass is 9.93. The highest BCUT2D eigenvalue weighted by Gasteiger charge is 2.34. The van der Waals surface area contributed by atoms with Crippen molar-refractivity contribution in [1.82, 2.24) is 4.57 Å². The van der Waals surface area contributed by atoms with Gasteiger partial charge in [0.05, 0.1) is 11.4 Å². The van der Waals surface area contributed by atoms with Gasteiger partial charge in [0.25, 0.3) is 0 Å². The van der Waals surface area contributed by atoms with E-state index in [1.165, 1.54) is 29.7 Å². The highest BCUT2D eigenvalue weighted by atomic mass is 32.1. The van der Waals surface area contributed by atoms with E-state index in [9.17, 15) is 19.1 Å². The van der Waals surface area contributed by atoms with Crippen molar-refractivity contribution in [1.29, 1.82) is 0 Å². The third-order valence-corrected chi connectivity index (χ3v) is 5.22. The van der Waals surface area contributed by atoms with Gasteiger partial charge < -0.3 is 15.0 Å². The number of carbonyl (C=O) groups excluding carboxylic acids is 1. The Bertz CT molecular complexity index is 978. The molecule has 1 aliphatic rings. The number of aromatic nitrogens is 1. The van der Waals surface area contributed by atoms with E-state index in [2.05, 4.69) is 5.32 Å². The number of rotatable bonds is 3. The molecule has 126 valence electrons. The van der Waals surface area contributed by atoms with Crippen LogP contribution < -0.4 is 5.32 Å². The summed E-state index contributed by atoms with van der Waals surface area (Å²) in [7, 11) is 0. The fourth-order valence-corrected chi connectivity index (χ4v) is 4.02. The minimum atomic E-state index is -1.14. The summed E-state index contributed by atoms with van der Waals surface area (Å²) in [5.74, 6) is -2.06. The maximum atomic E-state index is 13.7. The van der Waals surface area contributed by atoms with Crippen LogP contribution in [-0.2, 0) is 4.79 Å². The molecule has 0 unspecified atom stereocenters. The molecule has 4 rings (SSSR count). The molecule has 1 aliphatic heterocycles. The number of benzene rings is 1. The zero-order valence-corrected chi connectivity index (χ0v) is 13.7. The smallest absolute Gasteiger partial charge is 0.339 e. The number of halogens is 1. The van der Waals surface area contributed by atoms with Gasteiger partial charge in [-0.3, -0.25) is 4.79 Å². The first-order valence-electron chi connectivity index (χ1n) is 7.62. The number of amides is 1. The maximum Gasteiger partial charge on any atom is 0.339 e. The Kier molecular flexibility index (Phi) is 3.65.